The molecule has 0 heterocycles. The van der Waals surface area contributed by atoms with Gasteiger partial charge in [0.05, 0.1) is 0 Å². The standard InChI is InChI=1S/C14H20N2O2/c1-9(14(17)16-2)18-11-7-6-10-4-3-5-13(15)12(10)8-11/h6-9,13H,3-5,15H2,1-2H3,(H,16,17)/t9?,13-/m0/s1. The highest BCUT2D eigenvalue weighted by atomic mass is 16.5. The van der Waals surface area contributed by atoms with Crippen LogP contribution in [-0.4, -0.2) is 19.1 Å². The lowest BCUT2D eigenvalue weighted by atomic mass is 9.88. The minimum Gasteiger partial charge on any atom is -0.481 e. The molecule has 4 nitrogen and oxygen atoms in total. The molecule has 1 unspecified atom stereocenters. The molecule has 18 heavy (non-hydrogen) atoms. The normalized spacial score (nSPS) is 19.8. The third-order valence-corrected chi connectivity index (χ3v) is 3.41. The van der Waals surface area contributed by atoms with Crippen LogP contribution in [-0.2, 0) is 11.2 Å². The Labute approximate surface area is 108 Å². The van der Waals surface area contributed by atoms with Gasteiger partial charge in [0.1, 0.15) is 5.75 Å². The van der Waals surface area contributed by atoms with E-state index in [1.165, 1.54) is 5.56 Å². The molecule has 3 N–H and O–H groups in total. The van der Waals surface area contributed by atoms with E-state index < -0.39 is 6.10 Å². The quantitative estimate of drug-likeness (QED) is 0.852. The Bertz CT molecular complexity index is 445. The SMILES string of the molecule is CNC(=O)C(C)Oc1ccc2c(c1)[C@@H](N)CCC2. The third-order valence-electron chi connectivity index (χ3n) is 3.41. The molecule has 0 spiro atoms. The van der Waals surface area contributed by atoms with Gasteiger partial charge in [-0.05, 0) is 49.4 Å². The van der Waals surface area contributed by atoms with E-state index in [-0.39, 0.29) is 11.9 Å². The Kier molecular flexibility index (Phi) is 3.87. The predicted molar refractivity (Wildman–Crippen MR) is 70.5 cm³/mol. The zero-order chi connectivity index (χ0) is 13.1. The van der Waals surface area contributed by atoms with Crippen molar-refractivity contribution in [3.63, 3.8) is 0 Å². The number of benzene rings is 1. The van der Waals surface area contributed by atoms with E-state index in [4.69, 9.17) is 10.5 Å². The molecule has 0 radical (unpaired) electrons. The molecule has 1 aliphatic carbocycles. The number of nitrogens with one attached hydrogen (secondary N) is 1. The molecule has 98 valence electrons. The Morgan fingerprint density at radius 3 is 3.06 bits per heavy atom. The maximum atomic E-state index is 11.4. The number of aryl methyl sites for hydroxylation is 1. The van der Waals surface area contributed by atoms with Gasteiger partial charge in [-0.25, -0.2) is 0 Å². The molecule has 1 aromatic rings. The zero-order valence-electron chi connectivity index (χ0n) is 10.9. The van der Waals surface area contributed by atoms with E-state index >= 15 is 0 Å². The summed E-state index contributed by atoms with van der Waals surface area (Å²) >= 11 is 0. The summed E-state index contributed by atoms with van der Waals surface area (Å²) in [6.07, 6.45) is 2.74. The van der Waals surface area contributed by atoms with Crippen LogP contribution in [0.3, 0.4) is 0 Å². The summed E-state index contributed by atoms with van der Waals surface area (Å²) < 4.78 is 5.61. The van der Waals surface area contributed by atoms with E-state index in [1.54, 1.807) is 14.0 Å². The zero-order valence-corrected chi connectivity index (χ0v) is 10.9. The molecular formula is C14H20N2O2. The largest absolute Gasteiger partial charge is 0.481 e. The molecule has 1 amide bonds. The van der Waals surface area contributed by atoms with Gasteiger partial charge in [0, 0.05) is 13.1 Å². The highest BCUT2D eigenvalue weighted by Gasteiger charge is 2.19. The molecule has 2 rings (SSSR count). The van der Waals surface area contributed by atoms with Crippen molar-refractivity contribution in [1.82, 2.24) is 5.32 Å². The highest BCUT2D eigenvalue weighted by molar-refractivity contribution is 5.80. The van der Waals surface area contributed by atoms with E-state index in [0.717, 1.165) is 24.8 Å². The Hall–Kier alpha value is -1.55. The van der Waals surface area contributed by atoms with Gasteiger partial charge in [-0.2, -0.15) is 0 Å². The summed E-state index contributed by atoms with van der Waals surface area (Å²) in [5.41, 5.74) is 8.55. The molecule has 1 aliphatic rings. The number of ether oxygens (including phenoxy) is 1. The van der Waals surface area contributed by atoms with Crippen LogP contribution in [0.4, 0.5) is 0 Å². The number of rotatable bonds is 3. The number of fused-ring (bicyclic) bond motifs is 1. The monoisotopic (exact) mass is 248 g/mol. The van der Waals surface area contributed by atoms with Gasteiger partial charge in [-0.3, -0.25) is 4.79 Å². The Morgan fingerprint density at radius 1 is 1.56 bits per heavy atom. The first kappa shape index (κ1) is 12.9. The number of nitrogens with two attached hydrogens (primary N) is 1. The van der Waals surface area contributed by atoms with Crippen molar-refractivity contribution < 1.29 is 9.53 Å². The molecule has 0 saturated heterocycles. The number of hydrogen-bond acceptors (Lipinski definition) is 3. The summed E-state index contributed by atoms with van der Waals surface area (Å²) in [6.45, 7) is 1.73. The summed E-state index contributed by atoms with van der Waals surface area (Å²) in [5.74, 6) is 0.583. The third kappa shape index (κ3) is 2.64. The van der Waals surface area contributed by atoms with Crippen molar-refractivity contribution in [2.24, 2.45) is 5.73 Å². The Morgan fingerprint density at radius 2 is 2.33 bits per heavy atom. The second-order valence-electron chi connectivity index (χ2n) is 4.73. The van der Waals surface area contributed by atoms with Crippen molar-refractivity contribution in [2.75, 3.05) is 7.05 Å². The summed E-state index contributed by atoms with van der Waals surface area (Å²) in [6, 6.07) is 6.03. The van der Waals surface area contributed by atoms with E-state index in [0.29, 0.717) is 5.75 Å². The number of amides is 1. The fourth-order valence-electron chi connectivity index (χ4n) is 2.35. The first-order chi connectivity index (χ1) is 8.61. The molecule has 0 bridgehead atoms. The molecule has 0 aliphatic heterocycles. The van der Waals surface area contributed by atoms with Crippen LogP contribution in [0.1, 0.15) is 36.9 Å². The maximum absolute atomic E-state index is 11.4. The summed E-state index contributed by atoms with van der Waals surface area (Å²) in [5, 5.41) is 2.57. The molecule has 1 aromatic carbocycles. The molecule has 0 fully saturated rings. The van der Waals surface area contributed by atoms with Crippen LogP contribution in [0, 0.1) is 0 Å². The van der Waals surface area contributed by atoms with Crippen molar-refractivity contribution in [2.45, 2.75) is 38.3 Å². The predicted octanol–water partition coefficient (Wildman–Crippen LogP) is 1.54. The molecular weight excluding hydrogens is 228 g/mol. The average Bonchev–Trinajstić information content (AvgIpc) is 2.38. The van der Waals surface area contributed by atoms with Crippen LogP contribution in [0.15, 0.2) is 18.2 Å². The van der Waals surface area contributed by atoms with Crippen LogP contribution in [0.5, 0.6) is 5.75 Å². The first-order valence-electron chi connectivity index (χ1n) is 6.38. The fourth-order valence-corrected chi connectivity index (χ4v) is 2.35. The van der Waals surface area contributed by atoms with Crippen LogP contribution < -0.4 is 15.8 Å². The van der Waals surface area contributed by atoms with Crippen LogP contribution in [0.25, 0.3) is 0 Å². The number of hydrogen-bond donors (Lipinski definition) is 2. The van der Waals surface area contributed by atoms with Gasteiger partial charge in [0.25, 0.3) is 5.91 Å². The average molecular weight is 248 g/mol. The second-order valence-corrected chi connectivity index (χ2v) is 4.73. The summed E-state index contributed by atoms with van der Waals surface area (Å²) in [4.78, 5) is 11.4. The van der Waals surface area contributed by atoms with Crippen LogP contribution in [0.2, 0.25) is 0 Å². The lowest BCUT2D eigenvalue weighted by Crippen LogP contribution is -2.33. The van der Waals surface area contributed by atoms with Crippen molar-refractivity contribution in [3.8, 4) is 5.75 Å². The smallest absolute Gasteiger partial charge is 0.260 e. The van der Waals surface area contributed by atoms with Gasteiger partial charge in [0.2, 0.25) is 0 Å². The molecule has 0 aromatic heterocycles. The summed E-state index contributed by atoms with van der Waals surface area (Å²) in [7, 11) is 1.60. The molecule has 0 saturated carbocycles. The molecule has 4 heteroatoms. The van der Waals surface area contributed by atoms with Gasteiger partial charge in [-0.1, -0.05) is 6.07 Å². The lowest BCUT2D eigenvalue weighted by molar-refractivity contribution is -0.126. The van der Waals surface area contributed by atoms with Gasteiger partial charge < -0.3 is 15.8 Å². The van der Waals surface area contributed by atoms with E-state index in [2.05, 4.69) is 11.4 Å². The number of carbonyl (C=O) groups excluding carboxylic acids is 1. The molecule has 2 atom stereocenters. The number of likely N-dealkylation sites (N-methyl/N-ethyl adjacent to an activating group) is 1. The van der Waals surface area contributed by atoms with E-state index in [1.807, 2.05) is 12.1 Å². The van der Waals surface area contributed by atoms with Crippen molar-refractivity contribution in [3.05, 3.63) is 29.3 Å². The number of carbonyl (C=O) groups is 1. The minimum atomic E-state index is -0.493. The van der Waals surface area contributed by atoms with Gasteiger partial charge in [0.15, 0.2) is 6.10 Å². The lowest BCUT2D eigenvalue weighted by Gasteiger charge is -2.23. The Balaban J connectivity index is 2.15. The highest BCUT2D eigenvalue weighted by Crippen LogP contribution is 2.31. The maximum Gasteiger partial charge on any atom is 0.260 e. The van der Waals surface area contributed by atoms with Crippen molar-refractivity contribution >= 4 is 5.91 Å². The van der Waals surface area contributed by atoms with Gasteiger partial charge >= 0.3 is 0 Å². The van der Waals surface area contributed by atoms with Gasteiger partial charge in [-0.15, -0.1) is 0 Å². The van der Waals surface area contributed by atoms with E-state index in [9.17, 15) is 4.79 Å². The topological polar surface area (TPSA) is 64.3 Å². The minimum absolute atomic E-state index is 0.0904. The van der Waals surface area contributed by atoms with Crippen molar-refractivity contribution in [1.29, 1.82) is 0 Å². The first-order valence-corrected chi connectivity index (χ1v) is 6.38. The second kappa shape index (κ2) is 5.40. The fraction of sp³-hybridized carbons (Fsp3) is 0.500. The van der Waals surface area contributed by atoms with Crippen LogP contribution >= 0.6 is 0 Å².